The normalized spacial score (nSPS) is 20.9. The van der Waals surface area contributed by atoms with Crippen LogP contribution in [0.1, 0.15) is 12.8 Å². The standard InChI is InChI=1S/C10H16N4/c11-10(12)3-7-14(8-4-10)9-1-5-13-6-2-9/h1-2,5-6H,3-4,7-8,11-12H2. The number of aromatic nitrogens is 1. The van der Waals surface area contributed by atoms with Crippen molar-refractivity contribution in [3.8, 4) is 0 Å². The van der Waals surface area contributed by atoms with Crippen LogP contribution in [0.3, 0.4) is 0 Å². The zero-order valence-corrected chi connectivity index (χ0v) is 8.19. The minimum atomic E-state index is -0.469. The number of hydrogen-bond donors (Lipinski definition) is 2. The lowest BCUT2D eigenvalue weighted by atomic mass is 9.99. The van der Waals surface area contributed by atoms with Crippen molar-refractivity contribution < 1.29 is 0 Å². The van der Waals surface area contributed by atoms with Gasteiger partial charge in [-0.25, -0.2) is 0 Å². The zero-order valence-electron chi connectivity index (χ0n) is 8.19. The molecule has 4 heteroatoms. The summed E-state index contributed by atoms with van der Waals surface area (Å²) >= 11 is 0. The number of nitrogens with zero attached hydrogens (tertiary/aromatic N) is 2. The zero-order chi connectivity index (χ0) is 10.0. The van der Waals surface area contributed by atoms with E-state index in [2.05, 4.69) is 9.88 Å². The number of nitrogens with two attached hydrogens (primary N) is 2. The molecule has 0 amide bonds. The van der Waals surface area contributed by atoms with Gasteiger partial charge in [-0.1, -0.05) is 0 Å². The molecule has 4 N–H and O–H groups in total. The first-order chi connectivity index (χ1) is 6.67. The van der Waals surface area contributed by atoms with E-state index >= 15 is 0 Å². The number of piperidine rings is 1. The molecule has 0 atom stereocenters. The SMILES string of the molecule is NC1(N)CCN(c2ccncc2)CC1. The van der Waals surface area contributed by atoms with Gasteiger partial charge in [0.2, 0.25) is 0 Å². The lowest BCUT2D eigenvalue weighted by Gasteiger charge is -2.37. The van der Waals surface area contributed by atoms with Crippen molar-refractivity contribution in [3.05, 3.63) is 24.5 Å². The first-order valence-electron chi connectivity index (χ1n) is 4.90. The summed E-state index contributed by atoms with van der Waals surface area (Å²) in [6, 6.07) is 4.03. The maximum absolute atomic E-state index is 5.86. The molecule has 1 aliphatic rings. The van der Waals surface area contributed by atoms with E-state index in [1.165, 1.54) is 5.69 Å². The molecule has 0 aliphatic carbocycles. The predicted molar refractivity (Wildman–Crippen MR) is 56.8 cm³/mol. The Kier molecular flexibility index (Phi) is 2.39. The lowest BCUT2D eigenvalue weighted by Crippen LogP contribution is -2.56. The van der Waals surface area contributed by atoms with Gasteiger partial charge in [0.25, 0.3) is 0 Å². The third-order valence-electron chi connectivity index (χ3n) is 2.72. The minimum Gasteiger partial charge on any atom is -0.371 e. The molecular weight excluding hydrogens is 176 g/mol. The van der Waals surface area contributed by atoms with Gasteiger partial charge in [-0.3, -0.25) is 4.98 Å². The van der Waals surface area contributed by atoms with Crippen molar-refractivity contribution in [2.24, 2.45) is 11.5 Å². The highest BCUT2D eigenvalue weighted by Gasteiger charge is 2.26. The van der Waals surface area contributed by atoms with E-state index in [4.69, 9.17) is 11.5 Å². The Hall–Kier alpha value is -1.13. The van der Waals surface area contributed by atoms with Gasteiger partial charge in [-0.15, -0.1) is 0 Å². The highest BCUT2D eigenvalue weighted by Crippen LogP contribution is 2.20. The quantitative estimate of drug-likeness (QED) is 0.628. The maximum Gasteiger partial charge on any atom is 0.0670 e. The van der Waals surface area contributed by atoms with E-state index in [-0.39, 0.29) is 0 Å². The summed E-state index contributed by atoms with van der Waals surface area (Å²) in [5.41, 5.74) is 12.4. The summed E-state index contributed by atoms with van der Waals surface area (Å²) in [6.45, 7) is 1.86. The van der Waals surface area contributed by atoms with Crippen LogP contribution in [0, 0.1) is 0 Å². The average molecular weight is 192 g/mol. The van der Waals surface area contributed by atoms with Crippen molar-refractivity contribution in [3.63, 3.8) is 0 Å². The van der Waals surface area contributed by atoms with Crippen LogP contribution in [0.2, 0.25) is 0 Å². The van der Waals surface area contributed by atoms with Crippen LogP contribution in [0.15, 0.2) is 24.5 Å². The Labute approximate surface area is 83.9 Å². The fraction of sp³-hybridized carbons (Fsp3) is 0.500. The smallest absolute Gasteiger partial charge is 0.0670 e. The average Bonchev–Trinajstić information content (AvgIpc) is 2.19. The van der Waals surface area contributed by atoms with E-state index in [9.17, 15) is 0 Å². The summed E-state index contributed by atoms with van der Waals surface area (Å²) in [7, 11) is 0. The fourth-order valence-corrected chi connectivity index (χ4v) is 1.74. The molecule has 2 rings (SSSR count). The van der Waals surface area contributed by atoms with E-state index < -0.39 is 5.66 Å². The van der Waals surface area contributed by atoms with Crippen molar-refractivity contribution in [1.82, 2.24) is 4.98 Å². The Morgan fingerprint density at radius 3 is 2.29 bits per heavy atom. The summed E-state index contributed by atoms with van der Waals surface area (Å²) in [5.74, 6) is 0. The summed E-state index contributed by atoms with van der Waals surface area (Å²) in [4.78, 5) is 6.28. The molecule has 1 aliphatic heterocycles. The highest BCUT2D eigenvalue weighted by atomic mass is 15.2. The number of anilines is 1. The van der Waals surface area contributed by atoms with Crippen molar-refractivity contribution in [2.75, 3.05) is 18.0 Å². The monoisotopic (exact) mass is 192 g/mol. The Balaban J connectivity index is 2.03. The van der Waals surface area contributed by atoms with E-state index in [0.29, 0.717) is 0 Å². The van der Waals surface area contributed by atoms with Gasteiger partial charge in [0.1, 0.15) is 0 Å². The number of pyridine rings is 1. The molecule has 14 heavy (non-hydrogen) atoms. The third kappa shape index (κ3) is 2.02. The Morgan fingerprint density at radius 2 is 1.71 bits per heavy atom. The summed E-state index contributed by atoms with van der Waals surface area (Å²) in [5, 5.41) is 0. The minimum absolute atomic E-state index is 0.469. The van der Waals surface area contributed by atoms with Gasteiger partial charge >= 0.3 is 0 Å². The van der Waals surface area contributed by atoms with Crippen molar-refractivity contribution >= 4 is 5.69 Å². The van der Waals surface area contributed by atoms with Gasteiger partial charge in [-0.05, 0) is 25.0 Å². The molecule has 0 saturated carbocycles. The van der Waals surface area contributed by atoms with Crippen molar-refractivity contribution in [2.45, 2.75) is 18.5 Å². The molecule has 2 heterocycles. The largest absolute Gasteiger partial charge is 0.371 e. The van der Waals surface area contributed by atoms with Crippen LogP contribution in [-0.2, 0) is 0 Å². The predicted octanol–water partition coefficient (Wildman–Crippen LogP) is 0.295. The van der Waals surface area contributed by atoms with Crippen LogP contribution >= 0.6 is 0 Å². The molecule has 0 radical (unpaired) electrons. The summed E-state index contributed by atoms with van der Waals surface area (Å²) in [6.07, 6.45) is 5.30. The molecule has 4 nitrogen and oxygen atoms in total. The molecule has 0 bridgehead atoms. The Bertz CT molecular complexity index is 286. The van der Waals surface area contributed by atoms with E-state index in [1.807, 2.05) is 24.5 Å². The highest BCUT2D eigenvalue weighted by molar-refractivity contribution is 5.45. The molecule has 1 fully saturated rings. The van der Waals surface area contributed by atoms with Gasteiger partial charge in [-0.2, -0.15) is 0 Å². The van der Waals surface area contributed by atoms with Gasteiger partial charge in [0.05, 0.1) is 5.66 Å². The second-order valence-electron chi connectivity index (χ2n) is 3.93. The second kappa shape index (κ2) is 3.55. The molecular formula is C10H16N4. The molecule has 76 valence electrons. The first-order valence-corrected chi connectivity index (χ1v) is 4.90. The van der Waals surface area contributed by atoms with Gasteiger partial charge < -0.3 is 16.4 Å². The number of hydrogen-bond acceptors (Lipinski definition) is 4. The van der Waals surface area contributed by atoms with Crippen LogP contribution in [-0.4, -0.2) is 23.7 Å². The second-order valence-corrected chi connectivity index (χ2v) is 3.93. The number of rotatable bonds is 1. The maximum atomic E-state index is 5.86. The molecule has 1 saturated heterocycles. The third-order valence-corrected chi connectivity index (χ3v) is 2.72. The van der Waals surface area contributed by atoms with Crippen LogP contribution < -0.4 is 16.4 Å². The Morgan fingerprint density at radius 1 is 1.14 bits per heavy atom. The summed E-state index contributed by atoms with van der Waals surface area (Å²) < 4.78 is 0. The molecule has 1 aromatic rings. The van der Waals surface area contributed by atoms with Crippen molar-refractivity contribution in [1.29, 1.82) is 0 Å². The van der Waals surface area contributed by atoms with Gasteiger partial charge in [0, 0.05) is 31.2 Å². The molecule has 1 aromatic heterocycles. The first kappa shape index (κ1) is 9.43. The van der Waals surface area contributed by atoms with Crippen LogP contribution in [0.4, 0.5) is 5.69 Å². The lowest BCUT2D eigenvalue weighted by molar-refractivity contribution is 0.345. The fourth-order valence-electron chi connectivity index (χ4n) is 1.74. The topological polar surface area (TPSA) is 68.2 Å². The van der Waals surface area contributed by atoms with E-state index in [1.54, 1.807) is 0 Å². The van der Waals surface area contributed by atoms with Crippen LogP contribution in [0.5, 0.6) is 0 Å². The molecule has 0 unspecified atom stereocenters. The van der Waals surface area contributed by atoms with Crippen LogP contribution in [0.25, 0.3) is 0 Å². The molecule has 0 spiro atoms. The molecule has 0 aromatic carbocycles. The van der Waals surface area contributed by atoms with Gasteiger partial charge in [0.15, 0.2) is 0 Å². The van der Waals surface area contributed by atoms with E-state index in [0.717, 1.165) is 25.9 Å².